The Labute approximate surface area is 183 Å². The van der Waals surface area contributed by atoms with Crippen LogP contribution in [0.5, 0.6) is 0 Å². The summed E-state index contributed by atoms with van der Waals surface area (Å²) in [6.45, 7) is -0.559. The van der Waals surface area contributed by atoms with Gasteiger partial charge in [0.05, 0.1) is 4.90 Å². The first kappa shape index (κ1) is 22.3. The quantitative estimate of drug-likeness (QED) is 0.364. The van der Waals surface area contributed by atoms with Gasteiger partial charge in [0.25, 0.3) is 12.5 Å². The van der Waals surface area contributed by atoms with Crippen molar-refractivity contribution in [2.75, 3.05) is 26.7 Å². The minimum atomic E-state index is -3.96. The van der Waals surface area contributed by atoms with Gasteiger partial charge in [0.2, 0.25) is 10.0 Å². The van der Waals surface area contributed by atoms with Crippen molar-refractivity contribution in [3.05, 3.63) is 69.3 Å². The molecule has 0 radical (unpaired) electrons. The van der Waals surface area contributed by atoms with E-state index >= 15 is 0 Å². The van der Waals surface area contributed by atoms with Gasteiger partial charge < -0.3 is 14.9 Å². The Bertz CT molecular complexity index is 1070. The van der Waals surface area contributed by atoms with E-state index in [-0.39, 0.29) is 27.9 Å². The summed E-state index contributed by atoms with van der Waals surface area (Å²) in [5.74, 6) is -0.632. The fourth-order valence-corrected chi connectivity index (χ4v) is 5.30. The van der Waals surface area contributed by atoms with Crippen molar-refractivity contribution >= 4 is 39.1 Å². The molecule has 1 unspecified atom stereocenters. The molecule has 1 amide bonds. The molecule has 1 aliphatic heterocycles. The second-order valence-electron chi connectivity index (χ2n) is 6.33. The molecule has 0 saturated carbocycles. The second kappa shape index (κ2) is 9.17. The third-order valence-electron chi connectivity index (χ3n) is 4.48. The van der Waals surface area contributed by atoms with Crippen molar-refractivity contribution in [1.29, 1.82) is 0 Å². The smallest absolute Gasteiger partial charge is 0.293 e. The molecule has 9 nitrogen and oxygen atoms in total. The first-order valence-corrected chi connectivity index (χ1v) is 11.0. The van der Waals surface area contributed by atoms with E-state index in [1.165, 1.54) is 34.5 Å². The van der Waals surface area contributed by atoms with Crippen LogP contribution in [-0.2, 0) is 19.7 Å². The highest BCUT2D eigenvalue weighted by molar-refractivity contribution is 7.89. The number of nitrogens with zero attached hydrogens (tertiary/aromatic N) is 4. The summed E-state index contributed by atoms with van der Waals surface area (Å²) in [7, 11) is -2.78. The Morgan fingerprint density at radius 2 is 1.93 bits per heavy atom. The highest BCUT2D eigenvalue weighted by Gasteiger charge is 2.44. The Morgan fingerprint density at radius 3 is 2.57 bits per heavy atom. The molecule has 1 heterocycles. The third kappa shape index (κ3) is 4.51. The Hall–Kier alpha value is -2.40. The standard InChI is InChI=1S/C18H18Cl2N4O5S/c1-29-21-24(26)12-17(25)22-9-10-23(30(27,28)14-5-3-2-4-6-14)18(22)15-8-7-13(19)11-16(15)20/h2-8,11,18H,9-10,12H2,1H3/b24-21-. The van der Waals surface area contributed by atoms with Gasteiger partial charge in [0.15, 0.2) is 5.28 Å². The second-order valence-corrected chi connectivity index (χ2v) is 9.06. The molecule has 0 spiro atoms. The van der Waals surface area contributed by atoms with Gasteiger partial charge in [-0.3, -0.25) is 4.79 Å². The Morgan fingerprint density at radius 1 is 1.23 bits per heavy atom. The highest BCUT2D eigenvalue weighted by atomic mass is 35.5. The summed E-state index contributed by atoms with van der Waals surface area (Å²) in [4.78, 5) is 18.6. The minimum Gasteiger partial charge on any atom is -0.597 e. The summed E-state index contributed by atoms with van der Waals surface area (Å²) in [6.07, 6.45) is -1.05. The zero-order valence-corrected chi connectivity index (χ0v) is 18.1. The van der Waals surface area contributed by atoms with Crippen LogP contribution in [0, 0.1) is 5.21 Å². The summed E-state index contributed by atoms with van der Waals surface area (Å²) in [6, 6.07) is 12.4. The molecule has 0 bridgehead atoms. The monoisotopic (exact) mass is 472 g/mol. The molecule has 1 saturated heterocycles. The van der Waals surface area contributed by atoms with Crippen LogP contribution in [0.15, 0.2) is 58.7 Å². The van der Waals surface area contributed by atoms with Gasteiger partial charge in [-0.25, -0.2) is 8.42 Å². The average Bonchev–Trinajstić information content (AvgIpc) is 3.14. The molecule has 1 aliphatic rings. The molecule has 2 aromatic carbocycles. The molecule has 12 heteroatoms. The number of hydrogen-bond donors (Lipinski definition) is 0. The minimum absolute atomic E-state index is 0.0207. The molecular formula is C18H18Cl2N4O5S. The van der Waals surface area contributed by atoms with Gasteiger partial charge in [-0.15, -0.1) is 0 Å². The van der Waals surface area contributed by atoms with Gasteiger partial charge >= 0.3 is 0 Å². The van der Waals surface area contributed by atoms with Crippen molar-refractivity contribution in [2.24, 2.45) is 5.28 Å². The van der Waals surface area contributed by atoms with Crippen LogP contribution in [0.1, 0.15) is 11.7 Å². The molecular weight excluding hydrogens is 455 g/mol. The van der Waals surface area contributed by atoms with E-state index in [0.717, 1.165) is 0 Å². The number of hydroxylamine groups is 1. The number of carbonyl (C=O) groups excluding carboxylic acids is 1. The molecule has 0 N–H and O–H groups in total. The average molecular weight is 473 g/mol. The van der Waals surface area contributed by atoms with Crippen LogP contribution in [0.3, 0.4) is 0 Å². The van der Waals surface area contributed by atoms with Crippen molar-refractivity contribution in [3.8, 4) is 0 Å². The zero-order valence-electron chi connectivity index (χ0n) is 15.8. The molecule has 2 aromatic rings. The maximum Gasteiger partial charge on any atom is 0.293 e. The summed E-state index contributed by atoms with van der Waals surface area (Å²) in [5, 5.41) is 15.4. The summed E-state index contributed by atoms with van der Waals surface area (Å²) in [5.41, 5.74) is 0.368. The molecule has 1 fully saturated rings. The molecule has 1 atom stereocenters. The van der Waals surface area contributed by atoms with Crippen LogP contribution < -0.4 is 0 Å². The van der Waals surface area contributed by atoms with Crippen molar-refractivity contribution in [2.45, 2.75) is 11.1 Å². The number of sulfonamides is 1. The number of rotatable bonds is 6. The van der Waals surface area contributed by atoms with E-state index in [1.54, 1.807) is 30.3 Å². The SMILES string of the molecule is CO/N=[N+](\[O-])CC(=O)N1CCN(S(=O)(=O)c2ccccc2)C1c1ccc(Cl)cc1Cl. The molecule has 160 valence electrons. The first-order chi connectivity index (χ1) is 14.3. The topological polar surface area (TPSA) is 105 Å². The molecule has 0 aliphatic carbocycles. The fourth-order valence-electron chi connectivity index (χ4n) is 3.21. The predicted molar refractivity (Wildman–Crippen MR) is 109 cm³/mol. The molecule has 3 rings (SSSR count). The van der Waals surface area contributed by atoms with Crippen molar-refractivity contribution in [3.63, 3.8) is 0 Å². The number of amides is 1. The normalized spacial score (nSPS) is 17.9. The maximum absolute atomic E-state index is 13.3. The molecule has 0 aromatic heterocycles. The van der Waals surface area contributed by atoms with E-state index in [0.29, 0.717) is 10.6 Å². The zero-order chi connectivity index (χ0) is 21.9. The van der Waals surface area contributed by atoms with Crippen LogP contribution in [0.2, 0.25) is 10.0 Å². The van der Waals surface area contributed by atoms with E-state index in [4.69, 9.17) is 23.2 Å². The van der Waals surface area contributed by atoms with Gasteiger partial charge in [-0.2, -0.15) is 4.31 Å². The summed E-state index contributed by atoms with van der Waals surface area (Å²) >= 11 is 12.3. The number of carbonyl (C=O) groups is 1. The Kier molecular flexibility index (Phi) is 6.81. The number of benzene rings is 2. The lowest BCUT2D eigenvalue weighted by atomic mass is 10.1. The lowest BCUT2D eigenvalue weighted by Crippen LogP contribution is -2.40. The van der Waals surface area contributed by atoms with E-state index < -0.39 is 28.6 Å². The largest absolute Gasteiger partial charge is 0.597 e. The lowest BCUT2D eigenvalue weighted by Gasteiger charge is -2.30. The third-order valence-corrected chi connectivity index (χ3v) is 6.91. The van der Waals surface area contributed by atoms with Gasteiger partial charge in [-0.1, -0.05) is 47.5 Å². The van der Waals surface area contributed by atoms with Crippen LogP contribution >= 0.6 is 23.2 Å². The van der Waals surface area contributed by atoms with Crippen LogP contribution in [0.25, 0.3) is 0 Å². The highest BCUT2D eigenvalue weighted by Crippen LogP contribution is 2.38. The van der Waals surface area contributed by atoms with E-state index in [2.05, 4.69) is 10.1 Å². The Balaban J connectivity index is 2.05. The first-order valence-electron chi connectivity index (χ1n) is 8.76. The number of halogens is 2. The van der Waals surface area contributed by atoms with Crippen LogP contribution in [-0.4, -0.2) is 55.1 Å². The molecule has 30 heavy (non-hydrogen) atoms. The van der Waals surface area contributed by atoms with Crippen molar-refractivity contribution in [1.82, 2.24) is 9.21 Å². The van der Waals surface area contributed by atoms with Gasteiger partial charge in [0, 0.05) is 28.7 Å². The fraction of sp³-hybridized carbons (Fsp3) is 0.278. The van der Waals surface area contributed by atoms with Gasteiger partial charge in [-0.05, 0) is 29.1 Å². The number of hydrogen-bond acceptors (Lipinski definition) is 6. The van der Waals surface area contributed by atoms with E-state index in [1.807, 2.05) is 0 Å². The maximum atomic E-state index is 13.3. The van der Waals surface area contributed by atoms with Gasteiger partial charge in [0.1, 0.15) is 13.3 Å². The predicted octanol–water partition coefficient (Wildman–Crippen LogP) is 3.05. The summed E-state index contributed by atoms with van der Waals surface area (Å²) < 4.78 is 27.8. The van der Waals surface area contributed by atoms with E-state index in [9.17, 15) is 18.4 Å². The van der Waals surface area contributed by atoms with Crippen LogP contribution in [0.4, 0.5) is 0 Å². The van der Waals surface area contributed by atoms with Crippen molar-refractivity contribution < 1.29 is 22.9 Å². The lowest BCUT2D eigenvalue weighted by molar-refractivity contribution is -0.547.